The highest BCUT2D eigenvalue weighted by Gasteiger charge is 2.16. The molecule has 164 valence electrons. The van der Waals surface area contributed by atoms with Crippen LogP contribution in [0, 0.1) is 0 Å². The van der Waals surface area contributed by atoms with Crippen LogP contribution in [0.5, 0.6) is 23.0 Å². The number of hydrogen-bond donors (Lipinski definition) is 0. The normalized spacial score (nSPS) is 11.3. The van der Waals surface area contributed by atoms with Crippen LogP contribution < -0.4 is 23.7 Å². The average molecular weight is 446 g/mol. The Balaban J connectivity index is 2.19. The highest BCUT2D eigenvalue weighted by atomic mass is 32.1. The molecule has 0 spiro atoms. The van der Waals surface area contributed by atoms with E-state index in [-0.39, 0.29) is 12.1 Å². The molecule has 0 N–H and O–H groups in total. The lowest BCUT2D eigenvalue weighted by molar-refractivity contribution is -0.141. The van der Waals surface area contributed by atoms with Crippen molar-refractivity contribution in [2.75, 3.05) is 35.5 Å². The Bertz CT molecular complexity index is 1170. The van der Waals surface area contributed by atoms with Crippen molar-refractivity contribution in [3.05, 3.63) is 40.7 Å². The van der Waals surface area contributed by atoms with Crippen LogP contribution in [-0.2, 0) is 16.1 Å². The Kier molecular flexibility index (Phi) is 6.81. The lowest BCUT2D eigenvalue weighted by Gasteiger charge is -2.09. The Labute approximate surface area is 182 Å². The lowest BCUT2D eigenvalue weighted by atomic mass is 10.2. The van der Waals surface area contributed by atoms with Crippen molar-refractivity contribution in [3.8, 4) is 23.0 Å². The van der Waals surface area contributed by atoms with Gasteiger partial charge < -0.3 is 28.3 Å². The minimum absolute atomic E-state index is 0.125. The Hall–Kier alpha value is -3.53. The van der Waals surface area contributed by atoms with Gasteiger partial charge in [0, 0.05) is 23.8 Å². The van der Waals surface area contributed by atoms with Gasteiger partial charge in [0.25, 0.3) is 5.91 Å². The van der Waals surface area contributed by atoms with Crippen LogP contribution in [0.15, 0.2) is 35.3 Å². The fraction of sp³-hybridized carbons (Fsp3) is 0.286. The molecule has 0 atom stereocenters. The number of carbonyl (C=O) groups excluding carboxylic acids is 2. The van der Waals surface area contributed by atoms with Gasteiger partial charge in [0.1, 0.15) is 18.0 Å². The topological polar surface area (TPSA) is 97.6 Å². The zero-order chi connectivity index (χ0) is 22.5. The monoisotopic (exact) mass is 446 g/mol. The summed E-state index contributed by atoms with van der Waals surface area (Å²) in [6.07, 6.45) is 0. The second-order valence-corrected chi connectivity index (χ2v) is 7.25. The quantitative estimate of drug-likeness (QED) is 0.515. The van der Waals surface area contributed by atoms with Crippen molar-refractivity contribution < 1.29 is 33.3 Å². The van der Waals surface area contributed by atoms with Crippen LogP contribution in [0.3, 0.4) is 0 Å². The molecule has 10 heteroatoms. The number of methoxy groups -OCH3 is 5. The molecule has 3 rings (SSSR count). The van der Waals surface area contributed by atoms with Crippen molar-refractivity contribution in [2.24, 2.45) is 4.99 Å². The van der Waals surface area contributed by atoms with Gasteiger partial charge in [-0.25, -0.2) is 0 Å². The molecule has 0 aliphatic heterocycles. The van der Waals surface area contributed by atoms with Crippen LogP contribution in [0.1, 0.15) is 10.4 Å². The molecule has 0 saturated carbocycles. The van der Waals surface area contributed by atoms with E-state index < -0.39 is 11.9 Å². The number of thiazole rings is 1. The van der Waals surface area contributed by atoms with E-state index in [0.29, 0.717) is 33.3 Å². The van der Waals surface area contributed by atoms with E-state index in [1.54, 1.807) is 34.9 Å². The predicted octanol–water partition coefficient (Wildman–Crippen LogP) is 2.65. The number of aromatic nitrogens is 1. The molecule has 1 aromatic heterocycles. The Morgan fingerprint density at radius 1 is 0.871 bits per heavy atom. The molecule has 9 nitrogen and oxygen atoms in total. The second kappa shape index (κ2) is 9.52. The van der Waals surface area contributed by atoms with Crippen molar-refractivity contribution in [1.29, 1.82) is 0 Å². The van der Waals surface area contributed by atoms with Gasteiger partial charge in [-0.15, -0.1) is 0 Å². The molecule has 0 aliphatic rings. The first-order valence-corrected chi connectivity index (χ1v) is 9.90. The number of rotatable bonds is 7. The maximum atomic E-state index is 12.9. The van der Waals surface area contributed by atoms with Gasteiger partial charge in [-0.1, -0.05) is 11.3 Å². The maximum absolute atomic E-state index is 12.9. The minimum Gasteiger partial charge on any atom is -0.497 e. The first kappa shape index (κ1) is 22.2. The van der Waals surface area contributed by atoms with E-state index in [1.807, 2.05) is 0 Å². The molecule has 3 aromatic rings. The summed E-state index contributed by atoms with van der Waals surface area (Å²) in [7, 11) is 7.34. The van der Waals surface area contributed by atoms with Crippen LogP contribution in [0.2, 0.25) is 0 Å². The largest absolute Gasteiger partial charge is 0.497 e. The molecular weight excluding hydrogens is 424 g/mol. The summed E-state index contributed by atoms with van der Waals surface area (Å²) in [5, 5.41) is 0. The van der Waals surface area contributed by atoms with Crippen molar-refractivity contribution in [3.63, 3.8) is 0 Å². The number of ether oxygens (including phenoxy) is 5. The third-order valence-corrected chi connectivity index (χ3v) is 5.54. The van der Waals surface area contributed by atoms with E-state index in [2.05, 4.69) is 4.99 Å². The van der Waals surface area contributed by atoms with Gasteiger partial charge in [0.2, 0.25) is 0 Å². The van der Waals surface area contributed by atoms with Crippen LogP contribution in [-0.4, -0.2) is 52.0 Å². The molecule has 0 aliphatic carbocycles. The maximum Gasteiger partial charge on any atom is 0.325 e. The SMILES string of the molecule is COC(=O)Cn1c(=NC(=O)c2cc(OC)cc(OC)c2)sc2cc(OC)c(OC)cc21. The number of esters is 1. The number of benzene rings is 2. The van der Waals surface area contributed by atoms with Gasteiger partial charge in [0.15, 0.2) is 16.3 Å². The number of amides is 1. The second-order valence-electron chi connectivity index (χ2n) is 6.24. The van der Waals surface area contributed by atoms with E-state index in [4.69, 9.17) is 23.7 Å². The molecule has 0 bridgehead atoms. The number of carbonyl (C=O) groups is 2. The van der Waals surface area contributed by atoms with Gasteiger partial charge >= 0.3 is 5.97 Å². The third kappa shape index (κ3) is 4.64. The molecule has 0 saturated heterocycles. The average Bonchev–Trinajstić information content (AvgIpc) is 3.12. The standard InChI is InChI=1S/C21H22N2O7S/c1-26-13-6-12(7-14(8-13)27-2)20(25)22-21-23(11-19(24)30-5)15-9-16(28-3)17(29-4)10-18(15)31-21/h6-10H,11H2,1-5H3. The Morgan fingerprint density at radius 3 is 2.03 bits per heavy atom. The first-order chi connectivity index (χ1) is 14.9. The molecule has 31 heavy (non-hydrogen) atoms. The zero-order valence-electron chi connectivity index (χ0n) is 17.8. The summed E-state index contributed by atoms with van der Waals surface area (Å²) >= 11 is 1.24. The van der Waals surface area contributed by atoms with Crippen LogP contribution >= 0.6 is 11.3 Å². The van der Waals surface area contributed by atoms with Gasteiger partial charge in [-0.2, -0.15) is 4.99 Å². The lowest BCUT2D eigenvalue weighted by Crippen LogP contribution is -2.22. The van der Waals surface area contributed by atoms with Gasteiger partial charge in [-0.05, 0) is 12.1 Å². The summed E-state index contributed by atoms with van der Waals surface area (Å²) in [5.41, 5.74) is 0.941. The summed E-state index contributed by atoms with van der Waals surface area (Å²) in [4.78, 5) is 29.5. The highest BCUT2D eigenvalue weighted by molar-refractivity contribution is 7.16. The fourth-order valence-electron chi connectivity index (χ4n) is 2.91. The van der Waals surface area contributed by atoms with E-state index in [0.717, 1.165) is 4.70 Å². The number of hydrogen-bond acceptors (Lipinski definition) is 8. The highest BCUT2D eigenvalue weighted by Crippen LogP contribution is 2.33. The van der Waals surface area contributed by atoms with Crippen molar-refractivity contribution >= 4 is 33.4 Å². The smallest absolute Gasteiger partial charge is 0.325 e. The van der Waals surface area contributed by atoms with Crippen molar-refractivity contribution in [1.82, 2.24) is 4.57 Å². The first-order valence-electron chi connectivity index (χ1n) is 9.08. The molecule has 1 amide bonds. The van der Waals surface area contributed by atoms with E-state index >= 15 is 0 Å². The fourth-order valence-corrected chi connectivity index (χ4v) is 3.95. The summed E-state index contributed by atoms with van der Waals surface area (Å²) in [6, 6.07) is 8.29. The minimum atomic E-state index is -0.513. The van der Waals surface area contributed by atoms with Crippen LogP contribution in [0.25, 0.3) is 10.2 Å². The van der Waals surface area contributed by atoms with Crippen LogP contribution in [0.4, 0.5) is 0 Å². The predicted molar refractivity (Wildman–Crippen MR) is 114 cm³/mol. The number of nitrogens with zero attached hydrogens (tertiary/aromatic N) is 2. The van der Waals surface area contributed by atoms with E-state index in [1.165, 1.54) is 46.9 Å². The van der Waals surface area contributed by atoms with E-state index in [9.17, 15) is 9.59 Å². The Morgan fingerprint density at radius 2 is 1.48 bits per heavy atom. The molecule has 2 aromatic carbocycles. The third-order valence-electron chi connectivity index (χ3n) is 4.50. The summed E-state index contributed by atoms with van der Waals surface area (Å²) in [5.74, 6) is 0.948. The number of fused-ring (bicyclic) bond motifs is 1. The molecule has 0 unspecified atom stereocenters. The molecule has 0 radical (unpaired) electrons. The van der Waals surface area contributed by atoms with Gasteiger partial charge in [0.05, 0.1) is 45.8 Å². The molecule has 0 fully saturated rings. The summed E-state index contributed by atoms with van der Waals surface area (Å²) < 4.78 is 28.3. The van der Waals surface area contributed by atoms with Crippen molar-refractivity contribution in [2.45, 2.75) is 6.54 Å². The zero-order valence-corrected chi connectivity index (χ0v) is 18.6. The molecular formula is C21H22N2O7S. The van der Waals surface area contributed by atoms with Gasteiger partial charge in [-0.3, -0.25) is 9.59 Å². The molecule has 1 heterocycles. The summed E-state index contributed by atoms with van der Waals surface area (Å²) in [6.45, 7) is -0.125.